The second kappa shape index (κ2) is 7.87. The number of rotatable bonds is 6. The summed E-state index contributed by atoms with van der Waals surface area (Å²) < 4.78 is 4.79. The highest BCUT2D eigenvalue weighted by atomic mass is 35.5. The maximum atomic E-state index is 10.4. The standard InChI is InChI=1S/C17H14Cl2O2/c18-16-9-7-13(10-17(16)19)6-8-15(11-21-12-20)14-4-2-1-3-5-14/h1-5,7,9-12H,6,8H2/b15-11+. The number of hydrogen-bond donors (Lipinski definition) is 0. The summed E-state index contributed by atoms with van der Waals surface area (Å²) in [6.07, 6.45) is 3.00. The minimum atomic E-state index is 0.419. The Labute approximate surface area is 134 Å². The van der Waals surface area contributed by atoms with Crippen LogP contribution >= 0.6 is 23.2 Å². The summed E-state index contributed by atoms with van der Waals surface area (Å²) in [4.78, 5) is 10.4. The van der Waals surface area contributed by atoms with E-state index in [-0.39, 0.29) is 0 Å². The third-order valence-electron chi connectivity index (χ3n) is 3.08. The van der Waals surface area contributed by atoms with Crippen molar-refractivity contribution in [2.75, 3.05) is 0 Å². The van der Waals surface area contributed by atoms with Gasteiger partial charge in [0.25, 0.3) is 6.47 Å². The fourth-order valence-corrected chi connectivity index (χ4v) is 2.33. The fourth-order valence-electron chi connectivity index (χ4n) is 2.01. The second-order valence-corrected chi connectivity index (χ2v) is 5.30. The summed E-state index contributed by atoms with van der Waals surface area (Å²) in [6, 6.07) is 15.4. The van der Waals surface area contributed by atoms with Crippen molar-refractivity contribution < 1.29 is 9.53 Å². The van der Waals surface area contributed by atoms with E-state index < -0.39 is 0 Å². The molecule has 0 aliphatic carbocycles. The molecular formula is C17H14Cl2O2. The SMILES string of the molecule is O=CO/C=C(\CCc1ccc(Cl)c(Cl)c1)c1ccccc1. The van der Waals surface area contributed by atoms with Crippen LogP contribution < -0.4 is 0 Å². The van der Waals surface area contributed by atoms with Gasteiger partial charge in [-0.3, -0.25) is 4.79 Å². The molecule has 0 N–H and O–H groups in total. The van der Waals surface area contributed by atoms with E-state index in [1.54, 1.807) is 6.07 Å². The van der Waals surface area contributed by atoms with Crippen LogP contribution in [0.5, 0.6) is 0 Å². The van der Waals surface area contributed by atoms with Crippen molar-refractivity contribution in [3.63, 3.8) is 0 Å². The zero-order valence-corrected chi connectivity index (χ0v) is 12.8. The summed E-state index contributed by atoms with van der Waals surface area (Å²) in [5.74, 6) is 0. The van der Waals surface area contributed by atoms with E-state index in [1.807, 2.05) is 42.5 Å². The Morgan fingerprint density at radius 3 is 2.48 bits per heavy atom. The summed E-state index contributed by atoms with van der Waals surface area (Å²) in [7, 11) is 0. The molecule has 0 saturated heterocycles. The van der Waals surface area contributed by atoms with Crippen LogP contribution in [0.15, 0.2) is 54.8 Å². The van der Waals surface area contributed by atoms with Gasteiger partial charge in [0.15, 0.2) is 0 Å². The molecule has 0 atom stereocenters. The van der Waals surface area contributed by atoms with E-state index in [0.717, 1.165) is 29.5 Å². The van der Waals surface area contributed by atoms with Gasteiger partial charge >= 0.3 is 0 Å². The topological polar surface area (TPSA) is 26.3 Å². The Morgan fingerprint density at radius 1 is 1.05 bits per heavy atom. The number of ether oxygens (including phenoxy) is 1. The summed E-state index contributed by atoms with van der Waals surface area (Å²) >= 11 is 11.9. The molecule has 21 heavy (non-hydrogen) atoms. The Bertz CT molecular complexity index is 636. The van der Waals surface area contributed by atoms with Crippen LogP contribution in [0.25, 0.3) is 5.57 Å². The van der Waals surface area contributed by atoms with Crippen LogP contribution in [0.3, 0.4) is 0 Å². The van der Waals surface area contributed by atoms with Crippen molar-refractivity contribution in [1.29, 1.82) is 0 Å². The van der Waals surface area contributed by atoms with E-state index in [0.29, 0.717) is 16.5 Å². The molecule has 0 saturated carbocycles. The minimum absolute atomic E-state index is 0.419. The largest absolute Gasteiger partial charge is 0.436 e. The molecule has 0 aliphatic heterocycles. The Hall–Kier alpha value is -1.77. The smallest absolute Gasteiger partial charge is 0.297 e. The maximum Gasteiger partial charge on any atom is 0.297 e. The van der Waals surface area contributed by atoms with Gasteiger partial charge in [-0.2, -0.15) is 0 Å². The van der Waals surface area contributed by atoms with Gasteiger partial charge in [-0.05, 0) is 41.7 Å². The van der Waals surface area contributed by atoms with Crippen LogP contribution in [-0.4, -0.2) is 6.47 Å². The van der Waals surface area contributed by atoms with Gasteiger partial charge in [0.2, 0.25) is 0 Å². The van der Waals surface area contributed by atoms with Crippen LogP contribution in [0.2, 0.25) is 10.0 Å². The third kappa shape index (κ3) is 4.62. The maximum absolute atomic E-state index is 10.4. The Kier molecular flexibility index (Phi) is 5.85. The fraction of sp³-hybridized carbons (Fsp3) is 0.118. The van der Waals surface area contributed by atoms with Crippen LogP contribution in [0.4, 0.5) is 0 Å². The molecule has 0 unspecified atom stereocenters. The molecular weight excluding hydrogens is 307 g/mol. The van der Waals surface area contributed by atoms with Crippen LogP contribution in [0.1, 0.15) is 17.5 Å². The second-order valence-electron chi connectivity index (χ2n) is 4.49. The first-order valence-electron chi connectivity index (χ1n) is 6.48. The van der Waals surface area contributed by atoms with Gasteiger partial charge in [0.05, 0.1) is 16.3 Å². The average Bonchev–Trinajstić information content (AvgIpc) is 2.51. The highest BCUT2D eigenvalue weighted by Gasteiger charge is 2.05. The van der Waals surface area contributed by atoms with Gasteiger partial charge < -0.3 is 4.74 Å². The summed E-state index contributed by atoms with van der Waals surface area (Å²) in [5.41, 5.74) is 3.06. The van der Waals surface area contributed by atoms with Crippen molar-refractivity contribution in [3.8, 4) is 0 Å². The lowest BCUT2D eigenvalue weighted by atomic mass is 9.99. The van der Waals surface area contributed by atoms with Gasteiger partial charge in [0, 0.05) is 0 Å². The van der Waals surface area contributed by atoms with Crippen molar-refractivity contribution in [2.24, 2.45) is 0 Å². The third-order valence-corrected chi connectivity index (χ3v) is 3.82. The molecule has 2 nitrogen and oxygen atoms in total. The molecule has 108 valence electrons. The monoisotopic (exact) mass is 320 g/mol. The highest BCUT2D eigenvalue weighted by molar-refractivity contribution is 6.42. The van der Waals surface area contributed by atoms with Gasteiger partial charge in [-0.1, -0.05) is 59.6 Å². The van der Waals surface area contributed by atoms with Crippen molar-refractivity contribution in [3.05, 3.63) is 76.0 Å². The number of benzene rings is 2. The highest BCUT2D eigenvalue weighted by Crippen LogP contribution is 2.25. The van der Waals surface area contributed by atoms with E-state index in [1.165, 1.54) is 6.26 Å². The number of carbonyl (C=O) groups is 1. The van der Waals surface area contributed by atoms with Gasteiger partial charge in [-0.15, -0.1) is 0 Å². The van der Waals surface area contributed by atoms with E-state index in [4.69, 9.17) is 27.9 Å². The molecule has 2 rings (SSSR count). The quantitative estimate of drug-likeness (QED) is 0.544. The molecule has 0 amide bonds. The normalized spacial score (nSPS) is 11.2. The molecule has 0 spiro atoms. The molecule has 2 aromatic carbocycles. The van der Waals surface area contributed by atoms with Crippen molar-refractivity contribution >= 4 is 35.2 Å². The first-order valence-corrected chi connectivity index (χ1v) is 7.24. The lowest BCUT2D eigenvalue weighted by Gasteiger charge is -2.08. The predicted molar refractivity (Wildman–Crippen MR) is 86.4 cm³/mol. The van der Waals surface area contributed by atoms with Crippen LogP contribution in [0, 0.1) is 0 Å². The average molecular weight is 321 g/mol. The predicted octanol–water partition coefficient (Wildman–Crippen LogP) is 5.14. The van der Waals surface area contributed by atoms with Crippen molar-refractivity contribution in [2.45, 2.75) is 12.8 Å². The first kappa shape index (κ1) is 15.6. The van der Waals surface area contributed by atoms with Gasteiger partial charge in [0.1, 0.15) is 0 Å². The number of carbonyl (C=O) groups excluding carboxylic acids is 1. The molecule has 0 aliphatic rings. The molecule has 2 aromatic rings. The number of halogens is 2. The molecule has 0 heterocycles. The Morgan fingerprint density at radius 2 is 1.81 bits per heavy atom. The van der Waals surface area contributed by atoms with Gasteiger partial charge in [-0.25, -0.2) is 0 Å². The zero-order valence-electron chi connectivity index (χ0n) is 11.3. The van der Waals surface area contributed by atoms with E-state index in [9.17, 15) is 4.79 Å². The van der Waals surface area contributed by atoms with E-state index >= 15 is 0 Å². The molecule has 0 radical (unpaired) electrons. The molecule has 0 bridgehead atoms. The summed E-state index contributed by atoms with van der Waals surface area (Å²) in [6.45, 7) is 0.419. The van der Waals surface area contributed by atoms with Crippen LogP contribution in [-0.2, 0) is 16.0 Å². The lowest BCUT2D eigenvalue weighted by molar-refractivity contribution is -0.123. The van der Waals surface area contributed by atoms with Crippen molar-refractivity contribution in [1.82, 2.24) is 0 Å². The number of hydrogen-bond acceptors (Lipinski definition) is 2. The molecule has 0 fully saturated rings. The minimum Gasteiger partial charge on any atom is -0.436 e. The zero-order chi connectivity index (χ0) is 15.1. The number of allylic oxidation sites excluding steroid dienone is 1. The molecule has 0 aromatic heterocycles. The lowest BCUT2D eigenvalue weighted by Crippen LogP contribution is -1.92. The summed E-state index contributed by atoms with van der Waals surface area (Å²) in [5, 5.41) is 1.09. The number of aryl methyl sites for hydroxylation is 1. The molecule has 4 heteroatoms. The Balaban J connectivity index is 2.12. The first-order chi connectivity index (χ1) is 10.2. The van der Waals surface area contributed by atoms with E-state index in [2.05, 4.69) is 0 Å².